The van der Waals surface area contributed by atoms with Gasteiger partial charge in [-0.2, -0.15) is 0 Å². The van der Waals surface area contributed by atoms with E-state index < -0.39 is 15.7 Å². The zero-order valence-corrected chi connectivity index (χ0v) is 14.2. The number of hydrogen-bond donors (Lipinski definition) is 0. The van der Waals surface area contributed by atoms with Crippen LogP contribution in [0, 0.1) is 14.1 Å². The monoisotopic (exact) mass is 355 g/mol. The molecule has 18 heavy (non-hydrogen) atoms. The van der Waals surface area contributed by atoms with Crippen LogP contribution in [0.2, 0.25) is 0 Å². The first-order valence-electron chi connectivity index (χ1n) is 6.13. The fourth-order valence-electron chi connectivity index (χ4n) is 2.60. The molecule has 0 aliphatic rings. The zero-order valence-electron chi connectivity index (χ0n) is 12.1. The summed E-state index contributed by atoms with van der Waals surface area (Å²) in [5.74, 6) is 0. The molecule has 0 bridgehead atoms. The van der Waals surface area contributed by atoms with E-state index in [0.717, 1.165) is 0 Å². The number of halogens is 1. The Bertz CT molecular complexity index is 573. The molecule has 0 N–H and O–H groups in total. The predicted molar refractivity (Wildman–Crippen MR) is 78.7 cm³/mol. The van der Waals surface area contributed by atoms with Gasteiger partial charge in [0.15, 0.2) is 0 Å². The van der Waals surface area contributed by atoms with E-state index in [1.807, 2.05) is 0 Å². The Balaban J connectivity index is 2.83. The second-order valence-electron chi connectivity index (χ2n) is 6.92. The molecule has 2 aromatic rings. The standard InChI is InChI=1S/C17H24I/c1-15-11-9-10-14-17(15)18(2,3,4,5)16-12-7-6-8-13-16/h6-14H,1-5H3/q+1. The van der Waals surface area contributed by atoms with E-state index >= 15 is 0 Å². The molecular formula is C17H24I+. The van der Waals surface area contributed by atoms with Crippen LogP contribution in [0.1, 0.15) is 5.56 Å². The fourth-order valence-corrected chi connectivity index (χ4v) is 12.8. The molecule has 0 nitrogen and oxygen atoms in total. The summed E-state index contributed by atoms with van der Waals surface area (Å²) in [4.78, 5) is 10.0. The molecule has 0 saturated carbocycles. The quantitative estimate of drug-likeness (QED) is 0.552. The summed E-state index contributed by atoms with van der Waals surface area (Å²) in [7, 11) is 0. The Morgan fingerprint density at radius 3 is 1.72 bits per heavy atom. The van der Waals surface area contributed by atoms with Crippen molar-refractivity contribution in [2.24, 2.45) is 0 Å². The SMILES string of the molecule is Cc1ccccc1[I+](C)(C)(C)(C)c1ccccc1. The molecule has 0 aliphatic carbocycles. The first kappa shape index (κ1) is 13.6. The number of aryl methyl sites for hydroxylation is 1. The van der Waals surface area contributed by atoms with Crippen molar-refractivity contribution in [2.45, 2.75) is 6.92 Å². The molecule has 0 heterocycles. The molecule has 0 fully saturated rings. The van der Waals surface area contributed by atoms with Gasteiger partial charge in [0.1, 0.15) is 0 Å². The molecule has 2 aromatic carbocycles. The van der Waals surface area contributed by atoms with Crippen molar-refractivity contribution in [2.75, 3.05) is 19.7 Å². The summed E-state index contributed by atoms with van der Waals surface area (Å²) >= 11 is -3.29. The average Bonchev–Trinajstić information content (AvgIpc) is 2.29. The van der Waals surface area contributed by atoms with Crippen LogP contribution >= 0.6 is 0 Å². The van der Waals surface area contributed by atoms with Crippen LogP contribution in [0.4, 0.5) is 0 Å². The van der Waals surface area contributed by atoms with Crippen LogP contribution in [0.5, 0.6) is 0 Å². The number of hydrogen-bond acceptors (Lipinski definition) is 0. The summed E-state index contributed by atoms with van der Waals surface area (Å²) in [5.41, 5.74) is 1.42. The van der Waals surface area contributed by atoms with Crippen molar-refractivity contribution >= 4 is 0 Å². The maximum absolute atomic E-state index is 3.29. The van der Waals surface area contributed by atoms with E-state index in [1.54, 1.807) is 3.57 Å². The van der Waals surface area contributed by atoms with Gasteiger partial charge < -0.3 is 0 Å². The van der Waals surface area contributed by atoms with Crippen molar-refractivity contribution in [1.82, 2.24) is 0 Å². The second kappa shape index (κ2) is 3.60. The molecule has 0 saturated heterocycles. The van der Waals surface area contributed by atoms with Crippen molar-refractivity contribution in [3.8, 4) is 0 Å². The van der Waals surface area contributed by atoms with Crippen LogP contribution in [-0.2, 0) is 0 Å². The van der Waals surface area contributed by atoms with Crippen LogP contribution in [-0.4, -0.2) is 19.7 Å². The molecular weight excluding hydrogens is 331 g/mol. The Kier molecular flexibility index (Phi) is 2.72. The molecule has 2 rings (SSSR count). The van der Waals surface area contributed by atoms with Gasteiger partial charge in [-0.3, -0.25) is 0 Å². The Hall–Kier alpha value is -0.830. The van der Waals surface area contributed by atoms with Crippen LogP contribution in [0.25, 0.3) is 0 Å². The minimum absolute atomic E-state index is 1.42. The molecule has 0 spiro atoms. The van der Waals surface area contributed by atoms with Gasteiger partial charge >= 0.3 is 110 Å². The molecule has 1 heteroatoms. The average molecular weight is 355 g/mol. The summed E-state index contributed by atoms with van der Waals surface area (Å²) in [6.07, 6.45) is 0. The molecule has 0 aromatic heterocycles. The summed E-state index contributed by atoms with van der Waals surface area (Å²) in [6, 6.07) is 19.9. The fraction of sp³-hybridized carbons (Fsp3) is 0.294. The topological polar surface area (TPSA) is 0 Å². The minimum atomic E-state index is -3.29. The van der Waals surface area contributed by atoms with Gasteiger partial charge in [0.2, 0.25) is 0 Å². The first-order valence-corrected chi connectivity index (χ1v) is 16.9. The third-order valence-corrected chi connectivity index (χ3v) is 16.5. The maximum atomic E-state index is 2.51. The van der Waals surface area contributed by atoms with E-state index in [2.05, 4.69) is 81.2 Å². The van der Waals surface area contributed by atoms with Gasteiger partial charge in [0.25, 0.3) is 0 Å². The van der Waals surface area contributed by atoms with Gasteiger partial charge in [-0.05, 0) is 0 Å². The van der Waals surface area contributed by atoms with E-state index in [1.165, 1.54) is 9.13 Å². The van der Waals surface area contributed by atoms with Crippen molar-refractivity contribution in [3.63, 3.8) is 0 Å². The molecule has 0 unspecified atom stereocenters. The summed E-state index contributed by atoms with van der Waals surface area (Å²) in [6.45, 7) is 2.24. The molecule has 0 atom stereocenters. The van der Waals surface area contributed by atoms with Crippen molar-refractivity contribution in [1.29, 1.82) is 0 Å². The zero-order chi connectivity index (χ0) is 13.5. The molecule has 98 valence electrons. The Morgan fingerprint density at radius 1 is 0.667 bits per heavy atom. The van der Waals surface area contributed by atoms with Crippen LogP contribution in [0.3, 0.4) is 0 Å². The van der Waals surface area contributed by atoms with Gasteiger partial charge in [-0.25, -0.2) is 0 Å². The van der Waals surface area contributed by atoms with E-state index in [4.69, 9.17) is 0 Å². The summed E-state index contributed by atoms with van der Waals surface area (Å²) < 4.78 is 3.07. The number of benzene rings is 2. The number of alkyl halides is 4. The third-order valence-electron chi connectivity index (χ3n) is 3.71. The van der Waals surface area contributed by atoms with E-state index in [9.17, 15) is 0 Å². The van der Waals surface area contributed by atoms with Gasteiger partial charge in [-0.1, -0.05) is 0 Å². The Labute approximate surface area is 109 Å². The van der Waals surface area contributed by atoms with Gasteiger partial charge in [0, 0.05) is 0 Å². The van der Waals surface area contributed by atoms with Crippen molar-refractivity contribution in [3.05, 3.63) is 67.3 Å². The molecule has 0 amide bonds. The van der Waals surface area contributed by atoms with E-state index in [-0.39, 0.29) is 0 Å². The first-order chi connectivity index (χ1) is 8.15. The molecule has 0 aliphatic heterocycles. The van der Waals surface area contributed by atoms with Gasteiger partial charge in [-0.15, -0.1) is 0 Å². The van der Waals surface area contributed by atoms with Crippen molar-refractivity contribution < 1.29 is 15.7 Å². The summed E-state index contributed by atoms with van der Waals surface area (Å²) in [5, 5.41) is 0. The Morgan fingerprint density at radius 2 is 1.17 bits per heavy atom. The number of rotatable bonds is 2. The predicted octanol–water partition coefficient (Wildman–Crippen LogP) is 0.785. The van der Waals surface area contributed by atoms with Crippen LogP contribution < -0.4 is 15.7 Å². The second-order valence-corrected chi connectivity index (χ2v) is 31.4. The normalized spacial score (nSPS) is 15.8. The third kappa shape index (κ3) is 2.09. The van der Waals surface area contributed by atoms with E-state index in [0.29, 0.717) is 0 Å². The van der Waals surface area contributed by atoms with Gasteiger partial charge in [0.05, 0.1) is 0 Å². The van der Waals surface area contributed by atoms with Crippen LogP contribution in [0.15, 0.2) is 54.6 Å². The molecule has 0 radical (unpaired) electrons.